The van der Waals surface area contributed by atoms with Crippen molar-refractivity contribution in [1.82, 2.24) is 0 Å². The predicted molar refractivity (Wildman–Crippen MR) is 112 cm³/mol. The fourth-order valence-electron chi connectivity index (χ4n) is 3.50. The summed E-state index contributed by atoms with van der Waals surface area (Å²) < 4.78 is 16.6. The SMILES string of the molecule is COc1ccc(Cc2c(Cl)cc(CO)cc2O[C@@H]2O[C@H](CO)[C@@](C)(O)[C@H](O)[C@H]2O)cc1. The fourth-order valence-corrected chi connectivity index (χ4v) is 3.80. The van der Waals surface area contributed by atoms with Crippen LogP contribution >= 0.6 is 11.6 Å². The van der Waals surface area contributed by atoms with E-state index in [0.29, 0.717) is 28.3 Å². The summed E-state index contributed by atoms with van der Waals surface area (Å²) in [6.07, 6.45) is -5.41. The Morgan fingerprint density at radius 1 is 1.10 bits per heavy atom. The van der Waals surface area contributed by atoms with E-state index >= 15 is 0 Å². The molecule has 0 radical (unpaired) electrons. The molecule has 1 aliphatic heterocycles. The summed E-state index contributed by atoms with van der Waals surface area (Å²) in [7, 11) is 1.58. The van der Waals surface area contributed by atoms with Crippen LogP contribution in [0.15, 0.2) is 36.4 Å². The Labute approximate surface area is 185 Å². The van der Waals surface area contributed by atoms with E-state index in [4.69, 9.17) is 25.8 Å². The maximum absolute atomic E-state index is 10.4. The Bertz CT molecular complexity index is 882. The first kappa shape index (κ1) is 23.7. The lowest BCUT2D eigenvalue weighted by Crippen LogP contribution is -2.66. The second kappa shape index (κ2) is 9.70. The molecular weight excluding hydrogens is 428 g/mol. The summed E-state index contributed by atoms with van der Waals surface area (Å²) >= 11 is 6.46. The number of benzene rings is 2. The molecule has 0 aromatic heterocycles. The molecule has 1 aliphatic rings. The lowest BCUT2D eigenvalue weighted by Gasteiger charge is -2.45. The molecule has 0 aliphatic carbocycles. The van der Waals surface area contributed by atoms with Gasteiger partial charge in [-0.3, -0.25) is 0 Å². The smallest absolute Gasteiger partial charge is 0.229 e. The van der Waals surface area contributed by atoms with Crippen LogP contribution in [0.2, 0.25) is 5.02 Å². The molecule has 2 aromatic carbocycles. The molecule has 1 fully saturated rings. The molecular formula is C22H27ClO8. The highest BCUT2D eigenvalue weighted by Gasteiger charge is 2.52. The summed E-state index contributed by atoms with van der Waals surface area (Å²) in [6, 6.07) is 10.5. The molecule has 0 saturated carbocycles. The monoisotopic (exact) mass is 454 g/mol. The van der Waals surface area contributed by atoms with E-state index in [9.17, 15) is 25.5 Å². The van der Waals surface area contributed by atoms with Crippen molar-refractivity contribution in [3.63, 3.8) is 0 Å². The van der Waals surface area contributed by atoms with Gasteiger partial charge in [0, 0.05) is 17.0 Å². The first-order valence-electron chi connectivity index (χ1n) is 9.77. The van der Waals surface area contributed by atoms with Gasteiger partial charge in [0.05, 0.1) is 20.3 Å². The van der Waals surface area contributed by atoms with Crippen molar-refractivity contribution in [1.29, 1.82) is 0 Å². The van der Waals surface area contributed by atoms with Crippen LogP contribution in [0.4, 0.5) is 0 Å². The zero-order valence-corrected chi connectivity index (χ0v) is 18.0. The summed E-state index contributed by atoms with van der Waals surface area (Å²) in [4.78, 5) is 0. The van der Waals surface area contributed by atoms with Gasteiger partial charge >= 0.3 is 0 Å². The average molecular weight is 455 g/mol. The highest BCUT2D eigenvalue weighted by molar-refractivity contribution is 6.31. The van der Waals surface area contributed by atoms with Crippen molar-refractivity contribution in [2.24, 2.45) is 0 Å². The van der Waals surface area contributed by atoms with E-state index in [1.54, 1.807) is 19.2 Å². The van der Waals surface area contributed by atoms with Gasteiger partial charge in [0.2, 0.25) is 6.29 Å². The van der Waals surface area contributed by atoms with Crippen molar-refractivity contribution in [3.05, 3.63) is 58.1 Å². The molecule has 0 bridgehead atoms. The van der Waals surface area contributed by atoms with Gasteiger partial charge in [-0.05, 0) is 42.3 Å². The standard InChI is InChI=1S/C22H27ClO8/c1-22(28)18(11-25)31-21(19(26)20(22)27)30-17-9-13(10-24)8-16(23)15(17)7-12-3-5-14(29-2)6-4-12/h3-6,8-9,18-21,24-28H,7,10-11H2,1-2H3/t18-,19-,20-,21-,22-/m1/s1. The zero-order chi connectivity index (χ0) is 22.8. The van der Waals surface area contributed by atoms with E-state index in [2.05, 4.69) is 0 Å². The maximum Gasteiger partial charge on any atom is 0.229 e. The molecule has 170 valence electrons. The minimum Gasteiger partial charge on any atom is -0.497 e. The van der Waals surface area contributed by atoms with Gasteiger partial charge in [-0.25, -0.2) is 0 Å². The van der Waals surface area contributed by atoms with Gasteiger partial charge in [0.1, 0.15) is 35.4 Å². The number of halogens is 1. The van der Waals surface area contributed by atoms with E-state index in [1.807, 2.05) is 24.3 Å². The van der Waals surface area contributed by atoms with Crippen LogP contribution in [0.3, 0.4) is 0 Å². The summed E-state index contributed by atoms with van der Waals surface area (Å²) in [5.74, 6) is 0.943. The van der Waals surface area contributed by atoms with Crippen LogP contribution in [0.25, 0.3) is 0 Å². The Kier molecular flexibility index (Phi) is 7.43. The van der Waals surface area contributed by atoms with Crippen molar-refractivity contribution in [2.45, 2.75) is 50.2 Å². The second-order valence-corrected chi connectivity index (χ2v) is 8.10. The maximum atomic E-state index is 10.4. The van der Waals surface area contributed by atoms with Gasteiger partial charge in [-0.1, -0.05) is 23.7 Å². The van der Waals surface area contributed by atoms with Crippen LogP contribution in [-0.4, -0.2) is 69.5 Å². The highest BCUT2D eigenvalue weighted by Crippen LogP contribution is 2.36. The van der Waals surface area contributed by atoms with E-state index in [1.165, 1.54) is 6.92 Å². The van der Waals surface area contributed by atoms with Crippen LogP contribution in [-0.2, 0) is 17.8 Å². The summed E-state index contributed by atoms with van der Waals surface area (Å²) in [6.45, 7) is 0.382. The molecule has 9 heteroatoms. The molecule has 8 nitrogen and oxygen atoms in total. The topological polar surface area (TPSA) is 129 Å². The molecule has 1 heterocycles. The van der Waals surface area contributed by atoms with E-state index in [0.717, 1.165) is 5.56 Å². The number of hydrogen-bond donors (Lipinski definition) is 5. The van der Waals surface area contributed by atoms with Crippen LogP contribution < -0.4 is 9.47 Å². The predicted octanol–water partition coefficient (Wildman–Crippen LogP) is 1.00. The number of rotatable bonds is 7. The molecule has 1 saturated heterocycles. The lowest BCUT2D eigenvalue weighted by atomic mass is 9.86. The Hall–Kier alpha value is -1.91. The Morgan fingerprint density at radius 3 is 2.35 bits per heavy atom. The van der Waals surface area contributed by atoms with Gasteiger partial charge in [-0.2, -0.15) is 0 Å². The third kappa shape index (κ3) is 4.96. The third-order valence-electron chi connectivity index (χ3n) is 5.50. The number of aliphatic hydroxyl groups excluding tert-OH is 4. The molecule has 0 unspecified atom stereocenters. The number of aliphatic hydroxyl groups is 5. The minimum absolute atomic E-state index is 0.238. The molecule has 0 spiro atoms. The lowest BCUT2D eigenvalue weighted by molar-refractivity contribution is -0.308. The average Bonchev–Trinajstić information content (AvgIpc) is 2.76. The first-order chi connectivity index (χ1) is 14.7. The summed E-state index contributed by atoms with van der Waals surface area (Å²) in [5.41, 5.74) is 0.0951. The van der Waals surface area contributed by atoms with Crippen molar-refractivity contribution < 1.29 is 39.7 Å². The van der Waals surface area contributed by atoms with Crippen molar-refractivity contribution >= 4 is 11.6 Å². The largest absolute Gasteiger partial charge is 0.497 e. The van der Waals surface area contributed by atoms with Gasteiger partial charge < -0.3 is 39.7 Å². The molecule has 5 N–H and O–H groups in total. The first-order valence-corrected chi connectivity index (χ1v) is 10.2. The molecule has 3 rings (SSSR count). The number of methoxy groups -OCH3 is 1. The third-order valence-corrected chi connectivity index (χ3v) is 5.83. The van der Waals surface area contributed by atoms with E-state index < -0.39 is 36.8 Å². The van der Waals surface area contributed by atoms with Crippen LogP contribution in [0.5, 0.6) is 11.5 Å². The Morgan fingerprint density at radius 2 is 1.77 bits per heavy atom. The van der Waals surface area contributed by atoms with Gasteiger partial charge in [-0.15, -0.1) is 0 Å². The highest BCUT2D eigenvalue weighted by atomic mass is 35.5. The number of ether oxygens (including phenoxy) is 3. The molecule has 31 heavy (non-hydrogen) atoms. The van der Waals surface area contributed by atoms with Crippen molar-refractivity contribution in [2.75, 3.05) is 13.7 Å². The molecule has 5 atom stereocenters. The molecule has 2 aromatic rings. The normalized spacial score (nSPS) is 28.4. The second-order valence-electron chi connectivity index (χ2n) is 7.69. The van der Waals surface area contributed by atoms with Crippen LogP contribution in [0.1, 0.15) is 23.6 Å². The minimum atomic E-state index is -1.87. The molecule has 0 amide bonds. The summed E-state index contributed by atoms with van der Waals surface area (Å²) in [5, 5.41) is 50.6. The number of hydrogen-bond acceptors (Lipinski definition) is 8. The van der Waals surface area contributed by atoms with Crippen LogP contribution in [0, 0.1) is 0 Å². The Balaban J connectivity index is 1.92. The van der Waals surface area contributed by atoms with Crippen molar-refractivity contribution in [3.8, 4) is 11.5 Å². The fraction of sp³-hybridized carbons (Fsp3) is 0.455. The zero-order valence-electron chi connectivity index (χ0n) is 17.2. The van der Waals surface area contributed by atoms with E-state index in [-0.39, 0.29) is 12.4 Å². The quantitative estimate of drug-likeness (QED) is 0.419. The van der Waals surface area contributed by atoms with Gasteiger partial charge in [0.15, 0.2) is 0 Å². The van der Waals surface area contributed by atoms with Gasteiger partial charge in [0.25, 0.3) is 0 Å².